The van der Waals surface area contributed by atoms with E-state index in [0.717, 1.165) is 12.0 Å². The molecule has 0 aliphatic carbocycles. The van der Waals surface area contributed by atoms with Gasteiger partial charge in [0, 0.05) is 6.08 Å². The van der Waals surface area contributed by atoms with E-state index in [2.05, 4.69) is 31.3 Å². The molecular formula is C23H26FNO3. The summed E-state index contributed by atoms with van der Waals surface area (Å²) in [7, 11) is 0. The standard InChI is InChI=1S/C23H26FNO3/c1-16(2)14-19-4-9-20(10-5-19)17(3)25-22(26)15-28-23(27)13-8-18-6-11-21(24)12-7-18/h4-13,16-17H,14-15H2,1-3H3,(H,25,26)/b13-8+/t17-/m1/s1. The third-order valence-electron chi connectivity index (χ3n) is 4.13. The number of esters is 1. The molecule has 0 aliphatic rings. The van der Waals surface area contributed by atoms with E-state index in [-0.39, 0.29) is 24.4 Å². The van der Waals surface area contributed by atoms with Crippen LogP contribution < -0.4 is 5.32 Å². The van der Waals surface area contributed by atoms with Crippen molar-refractivity contribution < 1.29 is 18.7 Å². The van der Waals surface area contributed by atoms with Crippen LogP contribution in [0.15, 0.2) is 54.6 Å². The maximum absolute atomic E-state index is 12.8. The van der Waals surface area contributed by atoms with E-state index in [9.17, 15) is 14.0 Å². The van der Waals surface area contributed by atoms with Gasteiger partial charge >= 0.3 is 5.97 Å². The third kappa shape index (κ3) is 7.35. The van der Waals surface area contributed by atoms with Gasteiger partial charge in [0.1, 0.15) is 5.82 Å². The van der Waals surface area contributed by atoms with Gasteiger partial charge in [-0.15, -0.1) is 0 Å². The molecule has 0 spiro atoms. The van der Waals surface area contributed by atoms with Crippen molar-refractivity contribution in [3.8, 4) is 0 Å². The molecule has 0 aliphatic heterocycles. The van der Waals surface area contributed by atoms with Gasteiger partial charge in [0.2, 0.25) is 0 Å². The Labute approximate surface area is 165 Å². The molecule has 0 aromatic heterocycles. The minimum Gasteiger partial charge on any atom is -0.452 e. The summed E-state index contributed by atoms with van der Waals surface area (Å²) in [5.74, 6) is -0.762. The van der Waals surface area contributed by atoms with Gasteiger partial charge in [0.25, 0.3) is 5.91 Å². The quantitative estimate of drug-likeness (QED) is 0.541. The van der Waals surface area contributed by atoms with Crippen LogP contribution in [-0.4, -0.2) is 18.5 Å². The van der Waals surface area contributed by atoms with Crippen molar-refractivity contribution in [1.82, 2.24) is 5.32 Å². The molecule has 0 saturated carbocycles. The first-order valence-electron chi connectivity index (χ1n) is 9.32. The first-order valence-corrected chi connectivity index (χ1v) is 9.32. The van der Waals surface area contributed by atoms with Crippen LogP contribution in [0.2, 0.25) is 0 Å². The summed E-state index contributed by atoms with van der Waals surface area (Å²) in [6.07, 6.45) is 3.72. The second-order valence-corrected chi connectivity index (χ2v) is 7.12. The minimum atomic E-state index is -0.634. The average molecular weight is 383 g/mol. The maximum atomic E-state index is 12.8. The van der Waals surface area contributed by atoms with Gasteiger partial charge in [-0.25, -0.2) is 9.18 Å². The van der Waals surface area contributed by atoms with Crippen LogP contribution in [0.4, 0.5) is 4.39 Å². The van der Waals surface area contributed by atoms with Crippen LogP contribution in [0.25, 0.3) is 6.08 Å². The highest BCUT2D eigenvalue weighted by molar-refractivity contribution is 5.89. The summed E-state index contributed by atoms with van der Waals surface area (Å²) in [5.41, 5.74) is 2.92. The molecule has 0 bridgehead atoms. The fraction of sp³-hybridized carbons (Fsp3) is 0.304. The molecule has 2 aromatic carbocycles. The number of ether oxygens (including phenoxy) is 1. The zero-order valence-corrected chi connectivity index (χ0v) is 16.4. The Bertz CT molecular complexity index is 811. The molecule has 0 unspecified atom stereocenters. The molecule has 0 radical (unpaired) electrons. The number of halogens is 1. The van der Waals surface area contributed by atoms with Gasteiger partial charge < -0.3 is 10.1 Å². The normalized spacial score (nSPS) is 12.2. The van der Waals surface area contributed by atoms with E-state index in [0.29, 0.717) is 11.5 Å². The van der Waals surface area contributed by atoms with E-state index in [1.807, 2.05) is 19.1 Å². The number of hydrogen-bond acceptors (Lipinski definition) is 3. The molecule has 0 saturated heterocycles. The molecule has 1 N–H and O–H groups in total. The monoisotopic (exact) mass is 383 g/mol. The van der Waals surface area contributed by atoms with Crippen molar-refractivity contribution >= 4 is 18.0 Å². The fourth-order valence-electron chi connectivity index (χ4n) is 2.70. The predicted octanol–water partition coefficient (Wildman–Crippen LogP) is 4.46. The van der Waals surface area contributed by atoms with E-state index >= 15 is 0 Å². The van der Waals surface area contributed by atoms with Crippen LogP contribution in [0, 0.1) is 11.7 Å². The van der Waals surface area contributed by atoms with E-state index < -0.39 is 5.97 Å². The lowest BCUT2D eigenvalue weighted by atomic mass is 10.00. The number of nitrogens with one attached hydrogen (secondary N) is 1. The lowest BCUT2D eigenvalue weighted by molar-refractivity contribution is -0.144. The number of benzene rings is 2. The van der Waals surface area contributed by atoms with E-state index in [4.69, 9.17) is 4.74 Å². The third-order valence-corrected chi connectivity index (χ3v) is 4.13. The molecule has 28 heavy (non-hydrogen) atoms. The largest absolute Gasteiger partial charge is 0.452 e. The zero-order valence-electron chi connectivity index (χ0n) is 16.4. The highest BCUT2D eigenvalue weighted by Gasteiger charge is 2.11. The summed E-state index contributed by atoms with van der Waals surface area (Å²) in [6, 6.07) is 13.6. The Morgan fingerprint density at radius 1 is 1.04 bits per heavy atom. The number of carbonyl (C=O) groups excluding carboxylic acids is 2. The molecule has 148 valence electrons. The molecule has 5 heteroatoms. The van der Waals surface area contributed by atoms with Crippen LogP contribution in [0.5, 0.6) is 0 Å². The van der Waals surface area contributed by atoms with Crippen molar-refractivity contribution in [2.45, 2.75) is 33.2 Å². The van der Waals surface area contributed by atoms with Crippen molar-refractivity contribution in [3.63, 3.8) is 0 Å². The molecule has 1 amide bonds. The first kappa shape index (κ1) is 21.4. The van der Waals surface area contributed by atoms with Crippen LogP contribution in [0.1, 0.15) is 43.5 Å². The molecule has 1 atom stereocenters. The van der Waals surface area contributed by atoms with Crippen molar-refractivity contribution in [2.75, 3.05) is 6.61 Å². The van der Waals surface area contributed by atoms with E-state index in [1.165, 1.54) is 29.8 Å². The highest BCUT2D eigenvalue weighted by Crippen LogP contribution is 2.15. The average Bonchev–Trinajstić information content (AvgIpc) is 2.66. The van der Waals surface area contributed by atoms with Crippen molar-refractivity contribution in [2.24, 2.45) is 5.92 Å². The number of hydrogen-bond donors (Lipinski definition) is 1. The molecule has 4 nitrogen and oxygen atoms in total. The summed E-state index contributed by atoms with van der Waals surface area (Å²) in [4.78, 5) is 23.7. The van der Waals surface area contributed by atoms with Gasteiger partial charge in [0.05, 0.1) is 6.04 Å². The smallest absolute Gasteiger partial charge is 0.331 e. The topological polar surface area (TPSA) is 55.4 Å². The second-order valence-electron chi connectivity index (χ2n) is 7.12. The Kier molecular flexibility index (Phi) is 7.93. The van der Waals surface area contributed by atoms with Gasteiger partial charge in [-0.05, 0) is 54.2 Å². The second kappa shape index (κ2) is 10.4. The molecule has 2 rings (SSSR count). The number of carbonyl (C=O) groups is 2. The summed E-state index contributed by atoms with van der Waals surface area (Å²) in [5, 5.41) is 2.81. The van der Waals surface area contributed by atoms with Crippen molar-refractivity contribution in [3.05, 3.63) is 77.1 Å². The molecule has 0 heterocycles. The maximum Gasteiger partial charge on any atom is 0.331 e. The van der Waals surface area contributed by atoms with Gasteiger partial charge in [-0.1, -0.05) is 50.2 Å². The molecular weight excluding hydrogens is 357 g/mol. The van der Waals surface area contributed by atoms with E-state index in [1.54, 1.807) is 12.1 Å². The SMILES string of the molecule is CC(C)Cc1ccc([C@@H](C)NC(=O)COC(=O)/C=C/c2ccc(F)cc2)cc1. The molecule has 0 fully saturated rings. The Balaban J connectivity index is 1.78. The zero-order chi connectivity index (χ0) is 20.5. The lowest BCUT2D eigenvalue weighted by Crippen LogP contribution is -2.30. The Hall–Kier alpha value is -2.95. The fourth-order valence-corrected chi connectivity index (χ4v) is 2.70. The van der Waals surface area contributed by atoms with Crippen LogP contribution in [0.3, 0.4) is 0 Å². The predicted molar refractivity (Wildman–Crippen MR) is 108 cm³/mol. The Morgan fingerprint density at radius 2 is 1.68 bits per heavy atom. The summed E-state index contributed by atoms with van der Waals surface area (Å²) >= 11 is 0. The lowest BCUT2D eigenvalue weighted by Gasteiger charge is -2.15. The van der Waals surface area contributed by atoms with Gasteiger partial charge in [-0.3, -0.25) is 4.79 Å². The number of rotatable bonds is 8. The Morgan fingerprint density at radius 3 is 2.29 bits per heavy atom. The minimum absolute atomic E-state index is 0.186. The number of amides is 1. The highest BCUT2D eigenvalue weighted by atomic mass is 19.1. The van der Waals surface area contributed by atoms with Gasteiger partial charge in [-0.2, -0.15) is 0 Å². The summed E-state index contributed by atoms with van der Waals surface area (Å²) in [6.45, 7) is 5.87. The van der Waals surface area contributed by atoms with Crippen molar-refractivity contribution in [1.29, 1.82) is 0 Å². The van der Waals surface area contributed by atoms with Gasteiger partial charge in [0.15, 0.2) is 6.61 Å². The van der Waals surface area contributed by atoms with Crippen LogP contribution in [-0.2, 0) is 20.7 Å². The molecule has 2 aromatic rings. The van der Waals surface area contributed by atoms with Crippen LogP contribution >= 0.6 is 0 Å². The summed E-state index contributed by atoms with van der Waals surface area (Å²) < 4.78 is 17.8. The first-order chi connectivity index (χ1) is 13.3.